The van der Waals surface area contributed by atoms with Crippen LogP contribution in [0.25, 0.3) is 0 Å². The Labute approximate surface area is 117 Å². The van der Waals surface area contributed by atoms with Gasteiger partial charge in [0, 0.05) is 25.4 Å². The maximum Gasteiger partial charge on any atom is 0.224 e. The lowest BCUT2D eigenvalue weighted by atomic mass is 10.2. The van der Waals surface area contributed by atoms with Crippen LogP contribution >= 0.6 is 0 Å². The van der Waals surface area contributed by atoms with Gasteiger partial charge in [0.2, 0.25) is 5.91 Å². The topological polar surface area (TPSA) is 46.9 Å². The van der Waals surface area contributed by atoms with Crippen LogP contribution in [-0.4, -0.2) is 15.5 Å². The molecule has 1 amide bonds. The molecule has 0 bridgehead atoms. The van der Waals surface area contributed by atoms with Crippen molar-refractivity contribution >= 4 is 11.6 Å². The van der Waals surface area contributed by atoms with Crippen molar-refractivity contribution in [1.29, 1.82) is 0 Å². The highest BCUT2D eigenvalue weighted by Crippen LogP contribution is 2.15. The second kappa shape index (κ2) is 6.32. The first-order valence-corrected chi connectivity index (χ1v) is 6.60. The molecule has 1 heterocycles. The van der Waals surface area contributed by atoms with Crippen molar-refractivity contribution in [2.75, 3.05) is 5.32 Å². The molecule has 2 aromatic rings. The minimum Gasteiger partial charge on any atom is -0.335 e. The summed E-state index contributed by atoms with van der Waals surface area (Å²) in [6.07, 6.45) is 4.66. The van der Waals surface area contributed by atoms with Gasteiger partial charge < -0.3 is 9.88 Å². The molecule has 1 aromatic carbocycles. The van der Waals surface area contributed by atoms with E-state index in [2.05, 4.69) is 10.3 Å². The highest BCUT2D eigenvalue weighted by molar-refractivity contribution is 5.90. The van der Waals surface area contributed by atoms with Gasteiger partial charge in [-0.2, -0.15) is 0 Å². The second-order valence-electron chi connectivity index (χ2n) is 4.80. The van der Waals surface area contributed by atoms with Gasteiger partial charge in [0.1, 0.15) is 11.6 Å². The molecule has 4 nitrogen and oxygen atoms in total. The van der Waals surface area contributed by atoms with Crippen molar-refractivity contribution in [2.24, 2.45) is 0 Å². The number of halogens is 1. The van der Waals surface area contributed by atoms with E-state index in [0.717, 1.165) is 17.9 Å². The summed E-state index contributed by atoms with van der Waals surface area (Å²) in [5.74, 6) is 0.351. The van der Waals surface area contributed by atoms with E-state index < -0.39 is 5.82 Å². The van der Waals surface area contributed by atoms with Gasteiger partial charge in [-0.1, -0.05) is 6.07 Å². The van der Waals surface area contributed by atoms with Crippen molar-refractivity contribution in [3.63, 3.8) is 0 Å². The van der Waals surface area contributed by atoms with E-state index in [4.69, 9.17) is 0 Å². The molecule has 0 saturated carbocycles. The van der Waals surface area contributed by atoms with Crippen LogP contribution in [0.2, 0.25) is 0 Å². The van der Waals surface area contributed by atoms with Gasteiger partial charge in [-0.05, 0) is 38.0 Å². The summed E-state index contributed by atoms with van der Waals surface area (Å²) < 4.78 is 15.6. The summed E-state index contributed by atoms with van der Waals surface area (Å²) in [6.45, 7) is 4.46. The number of benzene rings is 1. The lowest BCUT2D eigenvalue weighted by Crippen LogP contribution is -2.13. The largest absolute Gasteiger partial charge is 0.335 e. The first-order chi connectivity index (χ1) is 9.56. The molecule has 0 spiro atoms. The smallest absolute Gasteiger partial charge is 0.224 e. The Kier molecular flexibility index (Phi) is 4.50. The zero-order valence-electron chi connectivity index (χ0n) is 11.7. The molecule has 2 rings (SSSR count). The van der Waals surface area contributed by atoms with Crippen LogP contribution < -0.4 is 5.32 Å². The fourth-order valence-corrected chi connectivity index (χ4v) is 1.98. The van der Waals surface area contributed by atoms with Crippen LogP contribution in [0, 0.1) is 19.7 Å². The number of imidazole rings is 1. The second-order valence-corrected chi connectivity index (χ2v) is 4.80. The predicted octanol–water partition coefficient (Wildman–Crippen LogP) is 3.06. The number of hydrogen-bond acceptors (Lipinski definition) is 2. The van der Waals surface area contributed by atoms with Gasteiger partial charge in [-0.25, -0.2) is 9.37 Å². The fraction of sp³-hybridized carbons (Fsp3) is 0.333. The zero-order chi connectivity index (χ0) is 14.5. The molecule has 0 radical (unpaired) electrons. The molecule has 0 saturated heterocycles. The Bertz CT molecular complexity index is 607. The molecule has 20 heavy (non-hydrogen) atoms. The standard InChI is InChI=1S/C15H18FN3O/c1-11-5-6-14(13(16)10-11)18-15(20)4-3-8-19-9-7-17-12(19)2/h5-7,9-10H,3-4,8H2,1-2H3,(H,18,20). The molecular formula is C15H18FN3O. The molecule has 0 aliphatic heterocycles. The van der Waals surface area contributed by atoms with Crippen molar-refractivity contribution in [1.82, 2.24) is 9.55 Å². The minimum absolute atomic E-state index is 0.175. The maximum absolute atomic E-state index is 13.6. The number of aryl methyl sites for hydroxylation is 3. The monoisotopic (exact) mass is 275 g/mol. The maximum atomic E-state index is 13.6. The van der Waals surface area contributed by atoms with Gasteiger partial charge in [-0.3, -0.25) is 4.79 Å². The summed E-state index contributed by atoms with van der Waals surface area (Å²) in [5.41, 5.74) is 1.07. The number of hydrogen-bond donors (Lipinski definition) is 1. The van der Waals surface area contributed by atoms with Crippen LogP contribution in [0.1, 0.15) is 24.2 Å². The SMILES string of the molecule is Cc1ccc(NC(=O)CCCn2ccnc2C)c(F)c1. The molecule has 1 aromatic heterocycles. The minimum atomic E-state index is -0.399. The number of carbonyl (C=O) groups excluding carboxylic acids is 1. The van der Waals surface area contributed by atoms with Crippen LogP contribution in [-0.2, 0) is 11.3 Å². The molecule has 106 valence electrons. The van der Waals surface area contributed by atoms with Gasteiger partial charge >= 0.3 is 0 Å². The van der Waals surface area contributed by atoms with E-state index >= 15 is 0 Å². The Morgan fingerprint density at radius 1 is 1.40 bits per heavy atom. The lowest BCUT2D eigenvalue weighted by molar-refractivity contribution is -0.116. The lowest BCUT2D eigenvalue weighted by Gasteiger charge is -2.08. The number of nitrogens with one attached hydrogen (secondary N) is 1. The summed E-state index contributed by atoms with van der Waals surface area (Å²) in [6, 6.07) is 4.76. The molecule has 0 atom stereocenters. The van der Waals surface area contributed by atoms with E-state index in [1.807, 2.05) is 24.6 Å². The molecule has 0 aliphatic carbocycles. The third-order valence-electron chi connectivity index (χ3n) is 3.13. The number of amides is 1. The molecular weight excluding hydrogens is 257 g/mol. The van der Waals surface area contributed by atoms with Crippen molar-refractivity contribution in [3.8, 4) is 0 Å². The van der Waals surface area contributed by atoms with Crippen molar-refractivity contribution < 1.29 is 9.18 Å². The summed E-state index contributed by atoms with van der Waals surface area (Å²) in [5, 5.41) is 2.59. The molecule has 0 aliphatic rings. The normalized spacial score (nSPS) is 10.6. The molecule has 5 heteroatoms. The first-order valence-electron chi connectivity index (χ1n) is 6.60. The quantitative estimate of drug-likeness (QED) is 0.911. The van der Waals surface area contributed by atoms with E-state index in [9.17, 15) is 9.18 Å². The number of rotatable bonds is 5. The van der Waals surface area contributed by atoms with Gasteiger partial charge in [0.25, 0.3) is 0 Å². The van der Waals surface area contributed by atoms with Crippen molar-refractivity contribution in [3.05, 3.63) is 47.8 Å². The van der Waals surface area contributed by atoms with Crippen LogP contribution in [0.3, 0.4) is 0 Å². The predicted molar refractivity (Wildman–Crippen MR) is 76.0 cm³/mol. The van der Waals surface area contributed by atoms with Crippen LogP contribution in [0.15, 0.2) is 30.6 Å². The number of aromatic nitrogens is 2. The fourth-order valence-electron chi connectivity index (χ4n) is 1.98. The summed E-state index contributed by atoms with van der Waals surface area (Å²) >= 11 is 0. The number of anilines is 1. The summed E-state index contributed by atoms with van der Waals surface area (Å²) in [4.78, 5) is 15.9. The highest BCUT2D eigenvalue weighted by Gasteiger charge is 2.07. The van der Waals surface area contributed by atoms with Crippen molar-refractivity contribution in [2.45, 2.75) is 33.2 Å². The van der Waals surface area contributed by atoms with Gasteiger partial charge in [-0.15, -0.1) is 0 Å². The van der Waals surface area contributed by atoms with Crippen LogP contribution in [0.5, 0.6) is 0 Å². The van der Waals surface area contributed by atoms with E-state index in [0.29, 0.717) is 12.8 Å². The average Bonchev–Trinajstić information content (AvgIpc) is 2.79. The third kappa shape index (κ3) is 3.66. The van der Waals surface area contributed by atoms with Gasteiger partial charge in [0.05, 0.1) is 5.69 Å². The number of carbonyl (C=O) groups is 1. The number of nitrogens with zero attached hydrogens (tertiary/aromatic N) is 2. The Morgan fingerprint density at radius 3 is 2.85 bits per heavy atom. The Morgan fingerprint density at radius 2 is 2.20 bits per heavy atom. The van der Waals surface area contributed by atoms with E-state index in [1.54, 1.807) is 18.3 Å². The molecule has 0 unspecified atom stereocenters. The van der Waals surface area contributed by atoms with E-state index in [1.165, 1.54) is 6.07 Å². The van der Waals surface area contributed by atoms with Gasteiger partial charge in [0.15, 0.2) is 0 Å². The zero-order valence-corrected chi connectivity index (χ0v) is 11.7. The van der Waals surface area contributed by atoms with E-state index in [-0.39, 0.29) is 11.6 Å². The highest BCUT2D eigenvalue weighted by atomic mass is 19.1. The third-order valence-corrected chi connectivity index (χ3v) is 3.13. The summed E-state index contributed by atoms with van der Waals surface area (Å²) in [7, 11) is 0. The average molecular weight is 275 g/mol. The molecule has 1 N–H and O–H groups in total. The first kappa shape index (κ1) is 14.2. The molecule has 0 fully saturated rings. The Hall–Kier alpha value is -2.17. The Balaban J connectivity index is 1.82. The van der Waals surface area contributed by atoms with Crippen LogP contribution in [0.4, 0.5) is 10.1 Å².